The Morgan fingerprint density at radius 3 is 0.767 bits per heavy atom. The van der Waals surface area contributed by atoms with E-state index >= 15 is 0 Å². The van der Waals surface area contributed by atoms with E-state index < -0.39 is 11.9 Å². The lowest BCUT2D eigenvalue weighted by molar-refractivity contribution is -0.146. The van der Waals surface area contributed by atoms with Crippen molar-refractivity contribution in [1.29, 1.82) is 0 Å². The Hall–Kier alpha value is -2.40. The maximum atomic E-state index is 11.5. The largest absolute Gasteiger partial charge is 0.481 e. The molecule has 0 fully saturated rings. The lowest BCUT2D eigenvalue weighted by atomic mass is 10.2. The molecule has 0 unspecified atom stereocenters. The number of rotatable bonds is 34. The standard InChI is InChI=1S/C28H50O15/c29-25(30)5-1-3-7-27(33)42-23-21-40-19-17-38-15-13-36-11-9-35-10-12-37-14-16-39-18-20-41-22-24-43-28(34)8-4-2-6-26(31)32/h1-24H2,(H,29,30)(H,31,32). The van der Waals surface area contributed by atoms with E-state index in [2.05, 4.69) is 0 Å². The molecule has 0 radical (unpaired) electrons. The van der Waals surface area contributed by atoms with Gasteiger partial charge in [0.2, 0.25) is 0 Å². The fourth-order valence-electron chi connectivity index (χ4n) is 3.09. The number of esters is 2. The summed E-state index contributed by atoms with van der Waals surface area (Å²) in [5.74, 6) is -2.45. The first-order chi connectivity index (χ1) is 20.9. The fraction of sp³-hybridized carbons (Fsp3) is 0.857. The summed E-state index contributed by atoms with van der Waals surface area (Å²) in [5.41, 5.74) is 0. The molecule has 0 atom stereocenters. The molecule has 15 nitrogen and oxygen atoms in total. The summed E-state index contributed by atoms with van der Waals surface area (Å²) >= 11 is 0. The first-order valence-corrected chi connectivity index (χ1v) is 14.7. The highest BCUT2D eigenvalue weighted by Gasteiger charge is 2.05. The molecular weight excluding hydrogens is 576 g/mol. The summed E-state index contributed by atoms with van der Waals surface area (Å²) < 4.78 is 47.6. The van der Waals surface area contributed by atoms with Crippen LogP contribution in [0.15, 0.2) is 0 Å². The van der Waals surface area contributed by atoms with E-state index in [4.69, 9.17) is 52.8 Å². The first kappa shape index (κ1) is 40.6. The van der Waals surface area contributed by atoms with E-state index in [1.54, 1.807) is 0 Å². The molecule has 0 spiro atoms. The van der Waals surface area contributed by atoms with E-state index in [0.29, 0.717) is 105 Å². The lowest BCUT2D eigenvalue weighted by Gasteiger charge is -2.09. The molecule has 0 aromatic carbocycles. The molecule has 0 aliphatic heterocycles. The Bertz CT molecular complexity index is 633. The quantitative estimate of drug-likeness (QED) is 0.0770. The normalized spacial score (nSPS) is 11.0. The minimum atomic E-state index is -0.870. The van der Waals surface area contributed by atoms with Gasteiger partial charge in [-0.05, 0) is 25.7 Å². The number of ether oxygens (including phenoxy) is 9. The Morgan fingerprint density at radius 2 is 0.535 bits per heavy atom. The Balaban J connectivity index is 3.16. The molecule has 0 aromatic heterocycles. The number of unbranched alkanes of at least 4 members (excludes halogenated alkanes) is 2. The van der Waals surface area contributed by atoms with Gasteiger partial charge in [0, 0.05) is 25.7 Å². The van der Waals surface area contributed by atoms with E-state index in [1.807, 2.05) is 0 Å². The zero-order valence-electron chi connectivity index (χ0n) is 25.2. The molecule has 2 N–H and O–H groups in total. The second kappa shape index (κ2) is 32.5. The molecule has 0 rings (SSSR count). The Labute approximate surface area is 253 Å². The van der Waals surface area contributed by atoms with Gasteiger partial charge in [-0.3, -0.25) is 19.2 Å². The van der Waals surface area contributed by atoms with Gasteiger partial charge in [-0.15, -0.1) is 0 Å². The van der Waals surface area contributed by atoms with Crippen LogP contribution in [0, 0.1) is 0 Å². The second-order valence-electron chi connectivity index (χ2n) is 8.93. The van der Waals surface area contributed by atoms with Gasteiger partial charge in [0.05, 0.1) is 92.5 Å². The van der Waals surface area contributed by atoms with Gasteiger partial charge >= 0.3 is 23.9 Å². The SMILES string of the molecule is O=C(O)CCCCC(=O)OCCOCCOCCOCCOCCOCCOCCOCCOC(=O)CCCCC(=O)O. The van der Waals surface area contributed by atoms with Crippen molar-refractivity contribution in [2.45, 2.75) is 51.4 Å². The summed E-state index contributed by atoms with van der Waals surface area (Å²) in [4.78, 5) is 43.7. The van der Waals surface area contributed by atoms with Gasteiger partial charge < -0.3 is 52.8 Å². The molecule has 0 saturated heterocycles. The third-order valence-electron chi connectivity index (χ3n) is 5.26. The van der Waals surface area contributed by atoms with Crippen LogP contribution >= 0.6 is 0 Å². The average Bonchev–Trinajstić information content (AvgIpc) is 2.97. The van der Waals surface area contributed by atoms with Crippen molar-refractivity contribution in [3.05, 3.63) is 0 Å². The topological polar surface area (TPSA) is 192 Å². The van der Waals surface area contributed by atoms with Crippen LogP contribution < -0.4 is 0 Å². The van der Waals surface area contributed by atoms with Crippen molar-refractivity contribution in [1.82, 2.24) is 0 Å². The number of aliphatic carboxylic acids is 2. The van der Waals surface area contributed by atoms with Gasteiger partial charge in [0.25, 0.3) is 0 Å². The molecular formula is C28H50O15. The van der Waals surface area contributed by atoms with Gasteiger partial charge in [-0.1, -0.05) is 0 Å². The van der Waals surface area contributed by atoms with Gasteiger partial charge in [-0.25, -0.2) is 0 Å². The highest BCUT2D eigenvalue weighted by Crippen LogP contribution is 2.02. The van der Waals surface area contributed by atoms with Crippen LogP contribution in [0.4, 0.5) is 0 Å². The van der Waals surface area contributed by atoms with Crippen LogP contribution in [0.5, 0.6) is 0 Å². The van der Waals surface area contributed by atoms with Crippen LogP contribution in [0.3, 0.4) is 0 Å². The minimum Gasteiger partial charge on any atom is -0.481 e. The number of carbonyl (C=O) groups excluding carboxylic acids is 2. The lowest BCUT2D eigenvalue weighted by Crippen LogP contribution is -2.15. The predicted octanol–water partition coefficient (Wildman–Crippen LogP) is 1.48. The predicted molar refractivity (Wildman–Crippen MR) is 150 cm³/mol. The van der Waals surface area contributed by atoms with Crippen molar-refractivity contribution in [3.8, 4) is 0 Å². The van der Waals surface area contributed by atoms with Crippen LogP contribution in [0.2, 0.25) is 0 Å². The molecule has 0 aromatic rings. The molecule has 252 valence electrons. The second-order valence-corrected chi connectivity index (χ2v) is 8.93. The van der Waals surface area contributed by atoms with Gasteiger partial charge in [0.1, 0.15) is 13.2 Å². The third-order valence-corrected chi connectivity index (χ3v) is 5.26. The summed E-state index contributed by atoms with van der Waals surface area (Å²) in [7, 11) is 0. The average molecular weight is 627 g/mol. The maximum absolute atomic E-state index is 11.5. The van der Waals surface area contributed by atoms with Gasteiger partial charge in [-0.2, -0.15) is 0 Å². The molecule has 0 aliphatic carbocycles. The maximum Gasteiger partial charge on any atom is 0.305 e. The summed E-state index contributed by atoms with van der Waals surface area (Å²) in [6.07, 6.45) is 2.41. The molecule has 15 heteroatoms. The third kappa shape index (κ3) is 35.7. The Kier molecular flexibility index (Phi) is 30.7. The van der Waals surface area contributed by atoms with E-state index in [-0.39, 0.29) is 64.0 Å². The molecule has 0 aliphatic rings. The van der Waals surface area contributed by atoms with E-state index in [0.717, 1.165) is 0 Å². The van der Waals surface area contributed by atoms with Crippen molar-refractivity contribution in [2.75, 3.05) is 106 Å². The minimum absolute atomic E-state index is 0.0526. The van der Waals surface area contributed by atoms with Gasteiger partial charge in [0.15, 0.2) is 0 Å². The van der Waals surface area contributed by atoms with Crippen molar-refractivity contribution in [3.63, 3.8) is 0 Å². The van der Waals surface area contributed by atoms with Crippen molar-refractivity contribution < 1.29 is 72.0 Å². The highest BCUT2D eigenvalue weighted by atomic mass is 16.6. The van der Waals surface area contributed by atoms with Crippen molar-refractivity contribution >= 4 is 23.9 Å². The molecule has 0 heterocycles. The molecule has 0 saturated carbocycles. The number of carboxylic acids is 2. The monoisotopic (exact) mass is 626 g/mol. The van der Waals surface area contributed by atoms with E-state index in [9.17, 15) is 19.2 Å². The number of hydrogen-bond acceptors (Lipinski definition) is 13. The van der Waals surface area contributed by atoms with E-state index in [1.165, 1.54) is 0 Å². The zero-order valence-corrected chi connectivity index (χ0v) is 25.2. The van der Waals surface area contributed by atoms with Crippen LogP contribution in [0.25, 0.3) is 0 Å². The van der Waals surface area contributed by atoms with Crippen molar-refractivity contribution in [2.24, 2.45) is 0 Å². The summed E-state index contributed by atoms with van der Waals surface area (Å²) in [5, 5.41) is 17.1. The highest BCUT2D eigenvalue weighted by molar-refractivity contribution is 5.70. The summed E-state index contributed by atoms with van der Waals surface area (Å²) in [6.45, 7) is 5.87. The molecule has 0 amide bonds. The molecule has 0 bridgehead atoms. The first-order valence-electron chi connectivity index (χ1n) is 14.7. The number of hydrogen-bond donors (Lipinski definition) is 2. The summed E-state index contributed by atoms with van der Waals surface area (Å²) in [6, 6.07) is 0. The number of carboxylic acid groups (broad SMARTS) is 2. The van der Waals surface area contributed by atoms with Crippen LogP contribution in [-0.4, -0.2) is 140 Å². The smallest absolute Gasteiger partial charge is 0.305 e. The van der Waals surface area contributed by atoms with Crippen LogP contribution in [0.1, 0.15) is 51.4 Å². The fourth-order valence-corrected chi connectivity index (χ4v) is 3.09. The Morgan fingerprint density at radius 1 is 0.326 bits per heavy atom. The van der Waals surface area contributed by atoms with Crippen LogP contribution in [-0.2, 0) is 61.8 Å². The number of carbonyl (C=O) groups is 4. The zero-order chi connectivity index (χ0) is 31.6. The molecule has 43 heavy (non-hydrogen) atoms.